The number of methoxy groups -OCH3 is 1. The summed E-state index contributed by atoms with van der Waals surface area (Å²) >= 11 is 0. The Balaban J connectivity index is 1.74. The maximum atomic E-state index is 12.5. The highest BCUT2D eigenvalue weighted by Gasteiger charge is 2.18. The number of aromatic nitrogens is 1. The first-order valence-corrected chi connectivity index (χ1v) is 7.82. The number of amides is 1. The van der Waals surface area contributed by atoms with Gasteiger partial charge in [-0.25, -0.2) is 4.98 Å². The van der Waals surface area contributed by atoms with E-state index in [1.54, 1.807) is 25.4 Å². The average molecular weight is 328 g/mol. The number of anilines is 1. The Kier molecular flexibility index (Phi) is 4.96. The summed E-state index contributed by atoms with van der Waals surface area (Å²) in [5.74, 6) is 0.797. The Morgan fingerprint density at radius 1 is 1.33 bits per heavy atom. The molecule has 24 heavy (non-hydrogen) atoms. The van der Waals surface area contributed by atoms with E-state index in [2.05, 4.69) is 10.3 Å². The van der Waals surface area contributed by atoms with Crippen LogP contribution in [0.15, 0.2) is 36.5 Å². The Bertz CT molecular complexity index is 727. The molecular formula is C18H20N2O4. The van der Waals surface area contributed by atoms with Crippen molar-refractivity contribution in [3.05, 3.63) is 47.7 Å². The van der Waals surface area contributed by atoms with Crippen LogP contribution in [0.5, 0.6) is 11.6 Å². The summed E-state index contributed by atoms with van der Waals surface area (Å²) in [6.07, 6.45) is 2.39. The maximum Gasteiger partial charge on any atom is 0.256 e. The number of hydrogen-bond acceptors (Lipinski definition) is 5. The predicted octanol–water partition coefficient (Wildman–Crippen LogP) is 2.82. The number of benzene rings is 1. The smallest absolute Gasteiger partial charge is 0.256 e. The third kappa shape index (κ3) is 3.83. The van der Waals surface area contributed by atoms with Gasteiger partial charge in [-0.1, -0.05) is 6.07 Å². The topological polar surface area (TPSA) is 69.7 Å². The van der Waals surface area contributed by atoms with E-state index in [1.807, 2.05) is 25.1 Å². The molecule has 3 rings (SSSR count). The number of rotatable bonds is 5. The van der Waals surface area contributed by atoms with Crippen molar-refractivity contribution in [3.8, 4) is 11.6 Å². The monoisotopic (exact) mass is 328 g/mol. The molecule has 1 fully saturated rings. The minimum atomic E-state index is -0.242. The first-order valence-electron chi connectivity index (χ1n) is 7.82. The molecule has 1 saturated heterocycles. The summed E-state index contributed by atoms with van der Waals surface area (Å²) in [6.45, 7) is 3.20. The van der Waals surface area contributed by atoms with E-state index in [4.69, 9.17) is 14.2 Å². The van der Waals surface area contributed by atoms with E-state index in [9.17, 15) is 4.79 Å². The van der Waals surface area contributed by atoms with Crippen molar-refractivity contribution < 1.29 is 19.0 Å². The Morgan fingerprint density at radius 2 is 2.21 bits per heavy atom. The zero-order valence-corrected chi connectivity index (χ0v) is 13.7. The molecule has 2 aromatic rings. The third-order valence-corrected chi connectivity index (χ3v) is 3.78. The summed E-state index contributed by atoms with van der Waals surface area (Å²) < 4.78 is 16.3. The Morgan fingerprint density at radius 3 is 2.96 bits per heavy atom. The fourth-order valence-electron chi connectivity index (χ4n) is 2.51. The summed E-state index contributed by atoms with van der Waals surface area (Å²) in [7, 11) is 1.57. The summed E-state index contributed by atoms with van der Waals surface area (Å²) in [5, 5.41) is 2.87. The molecule has 1 aliphatic rings. The molecule has 126 valence electrons. The Labute approximate surface area is 140 Å². The molecular weight excluding hydrogens is 308 g/mol. The van der Waals surface area contributed by atoms with Crippen LogP contribution in [0.3, 0.4) is 0 Å². The first-order chi connectivity index (χ1) is 11.7. The zero-order valence-electron chi connectivity index (χ0n) is 13.7. The molecule has 0 spiro atoms. The van der Waals surface area contributed by atoms with Crippen molar-refractivity contribution in [3.63, 3.8) is 0 Å². The van der Waals surface area contributed by atoms with Crippen LogP contribution in [0.25, 0.3) is 0 Å². The quantitative estimate of drug-likeness (QED) is 0.914. The van der Waals surface area contributed by atoms with Crippen LogP contribution < -0.4 is 14.8 Å². The van der Waals surface area contributed by atoms with Crippen molar-refractivity contribution in [2.45, 2.75) is 19.4 Å². The lowest BCUT2D eigenvalue weighted by Gasteiger charge is -2.13. The molecule has 1 N–H and O–H groups in total. The van der Waals surface area contributed by atoms with Crippen molar-refractivity contribution in [2.75, 3.05) is 25.6 Å². The van der Waals surface area contributed by atoms with E-state index in [-0.39, 0.29) is 12.0 Å². The van der Waals surface area contributed by atoms with Gasteiger partial charge >= 0.3 is 0 Å². The normalized spacial score (nSPS) is 16.7. The van der Waals surface area contributed by atoms with Crippen LogP contribution in [0.2, 0.25) is 0 Å². The van der Waals surface area contributed by atoms with Gasteiger partial charge in [-0.15, -0.1) is 0 Å². The predicted molar refractivity (Wildman–Crippen MR) is 89.8 cm³/mol. The van der Waals surface area contributed by atoms with Gasteiger partial charge in [-0.3, -0.25) is 4.79 Å². The molecule has 6 heteroatoms. The summed E-state index contributed by atoms with van der Waals surface area (Å²) in [5.41, 5.74) is 2.14. The van der Waals surface area contributed by atoms with Gasteiger partial charge in [0.1, 0.15) is 11.9 Å². The molecule has 1 aliphatic heterocycles. The van der Waals surface area contributed by atoms with Crippen molar-refractivity contribution >= 4 is 11.6 Å². The fourth-order valence-corrected chi connectivity index (χ4v) is 2.51. The Hall–Kier alpha value is -2.60. The molecule has 0 radical (unpaired) electrons. The molecule has 6 nitrogen and oxygen atoms in total. The SMILES string of the molecule is COc1ccc(C)cc1NC(=O)c1ccnc(OC2CCOC2)c1. The minimum Gasteiger partial charge on any atom is -0.495 e. The third-order valence-electron chi connectivity index (χ3n) is 3.78. The average Bonchev–Trinajstić information content (AvgIpc) is 3.08. The van der Waals surface area contributed by atoms with Crippen molar-refractivity contribution in [2.24, 2.45) is 0 Å². The van der Waals surface area contributed by atoms with E-state index in [0.29, 0.717) is 36.1 Å². The van der Waals surface area contributed by atoms with Gasteiger partial charge in [0.15, 0.2) is 0 Å². The van der Waals surface area contributed by atoms with Gasteiger partial charge in [0.2, 0.25) is 5.88 Å². The number of hydrogen-bond donors (Lipinski definition) is 1. The van der Waals surface area contributed by atoms with Crippen LogP contribution in [-0.2, 0) is 4.74 Å². The molecule has 1 aromatic heterocycles. The van der Waals surface area contributed by atoms with Gasteiger partial charge in [0.25, 0.3) is 5.91 Å². The molecule has 1 amide bonds. The van der Waals surface area contributed by atoms with Crippen LogP contribution >= 0.6 is 0 Å². The number of carbonyl (C=O) groups excluding carboxylic acids is 1. The van der Waals surface area contributed by atoms with Crippen LogP contribution in [0, 0.1) is 6.92 Å². The van der Waals surface area contributed by atoms with Crippen molar-refractivity contribution in [1.82, 2.24) is 4.98 Å². The van der Waals surface area contributed by atoms with E-state index in [1.165, 1.54) is 0 Å². The van der Waals surface area contributed by atoms with Crippen LogP contribution in [0.1, 0.15) is 22.3 Å². The summed E-state index contributed by atoms with van der Waals surface area (Å²) in [6, 6.07) is 8.90. The molecule has 1 unspecified atom stereocenters. The van der Waals surface area contributed by atoms with Gasteiger partial charge in [0, 0.05) is 24.2 Å². The molecule has 1 atom stereocenters. The lowest BCUT2D eigenvalue weighted by atomic mass is 10.2. The zero-order chi connectivity index (χ0) is 16.9. The molecule has 0 aliphatic carbocycles. The van der Waals surface area contributed by atoms with Gasteiger partial charge in [-0.2, -0.15) is 0 Å². The number of nitrogens with one attached hydrogen (secondary N) is 1. The largest absolute Gasteiger partial charge is 0.495 e. The van der Waals surface area contributed by atoms with Gasteiger partial charge in [0.05, 0.1) is 26.0 Å². The number of pyridine rings is 1. The summed E-state index contributed by atoms with van der Waals surface area (Å²) in [4.78, 5) is 16.7. The maximum absolute atomic E-state index is 12.5. The van der Waals surface area contributed by atoms with Gasteiger partial charge in [-0.05, 0) is 30.7 Å². The van der Waals surface area contributed by atoms with E-state index < -0.39 is 0 Å². The van der Waals surface area contributed by atoms with Crippen LogP contribution in [0.4, 0.5) is 5.69 Å². The number of aryl methyl sites for hydroxylation is 1. The molecule has 1 aromatic carbocycles. The lowest BCUT2D eigenvalue weighted by molar-refractivity contribution is 0.102. The highest BCUT2D eigenvalue weighted by atomic mass is 16.5. The standard InChI is InChI=1S/C18H20N2O4/c1-12-3-4-16(22-2)15(9-12)20-18(21)13-5-7-19-17(10-13)24-14-6-8-23-11-14/h3-5,7,9-10,14H,6,8,11H2,1-2H3,(H,20,21). The first kappa shape index (κ1) is 16.3. The van der Waals surface area contributed by atoms with Crippen molar-refractivity contribution in [1.29, 1.82) is 0 Å². The fraction of sp³-hybridized carbons (Fsp3) is 0.333. The highest BCUT2D eigenvalue weighted by Crippen LogP contribution is 2.26. The molecule has 2 heterocycles. The molecule has 0 saturated carbocycles. The van der Waals surface area contributed by atoms with Gasteiger partial charge < -0.3 is 19.5 Å². The molecule has 0 bridgehead atoms. The number of carbonyl (C=O) groups is 1. The van der Waals surface area contributed by atoms with E-state index in [0.717, 1.165) is 12.0 Å². The minimum absolute atomic E-state index is 0.00678. The number of ether oxygens (including phenoxy) is 3. The second-order valence-electron chi connectivity index (χ2n) is 5.64. The second kappa shape index (κ2) is 7.31. The lowest BCUT2D eigenvalue weighted by Crippen LogP contribution is -2.17. The van der Waals surface area contributed by atoms with E-state index >= 15 is 0 Å². The highest BCUT2D eigenvalue weighted by molar-refractivity contribution is 6.05. The second-order valence-corrected chi connectivity index (χ2v) is 5.64. The number of nitrogens with zero attached hydrogens (tertiary/aromatic N) is 1. The van der Waals surface area contributed by atoms with Crippen LogP contribution in [-0.4, -0.2) is 37.3 Å².